The predicted molar refractivity (Wildman–Crippen MR) is 86.6 cm³/mol. The highest BCUT2D eigenvalue weighted by atomic mass is 35.5. The highest BCUT2D eigenvalue weighted by molar-refractivity contribution is 6.34. The number of carbonyl (C=O) groups excluding carboxylic acids is 1. The van der Waals surface area contributed by atoms with E-state index in [4.69, 9.17) is 16.3 Å². The van der Waals surface area contributed by atoms with Crippen molar-refractivity contribution in [1.82, 2.24) is 0 Å². The zero-order chi connectivity index (χ0) is 17.7. The molecule has 128 valence electrons. The van der Waals surface area contributed by atoms with Crippen molar-refractivity contribution in [3.63, 3.8) is 0 Å². The minimum Gasteiger partial charge on any atom is -0.494 e. The summed E-state index contributed by atoms with van der Waals surface area (Å²) in [6.45, 7) is 2.46. The Morgan fingerprint density at radius 3 is 2.62 bits per heavy atom. The Kier molecular flexibility index (Phi) is 5.72. The van der Waals surface area contributed by atoms with Gasteiger partial charge in [-0.2, -0.15) is 13.2 Å². The van der Waals surface area contributed by atoms with Gasteiger partial charge in [0.25, 0.3) is 5.91 Å². The molecule has 0 aliphatic carbocycles. The van der Waals surface area contributed by atoms with Crippen LogP contribution in [0.1, 0.15) is 29.3 Å². The summed E-state index contributed by atoms with van der Waals surface area (Å²) in [4.78, 5) is 12.2. The topological polar surface area (TPSA) is 38.3 Å². The zero-order valence-electron chi connectivity index (χ0n) is 12.8. The van der Waals surface area contributed by atoms with Crippen LogP contribution < -0.4 is 10.1 Å². The molecule has 2 rings (SSSR count). The summed E-state index contributed by atoms with van der Waals surface area (Å²) in [6.07, 6.45) is -3.70. The first-order chi connectivity index (χ1) is 11.3. The molecular formula is C17H15ClF3NO2. The van der Waals surface area contributed by atoms with Gasteiger partial charge in [-0.1, -0.05) is 24.6 Å². The van der Waals surface area contributed by atoms with Crippen LogP contribution in [-0.2, 0) is 6.18 Å². The van der Waals surface area contributed by atoms with E-state index in [-0.39, 0.29) is 16.3 Å². The summed E-state index contributed by atoms with van der Waals surface area (Å²) in [5, 5.41) is 2.42. The van der Waals surface area contributed by atoms with E-state index in [1.165, 1.54) is 12.1 Å². The third-order valence-corrected chi connectivity index (χ3v) is 3.44. The SMILES string of the molecule is CCCOc1cccc(C(=O)Nc2cc(C(F)(F)F)ccc2Cl)c1. The van der Waals surface area contributed by atoms with E-state index in [2.05, 4.69) is 5.32 Å². The van der Waals surface area contributed by atoms with Gasteiger partial charge in [0.05, 0.1) is 22.9 Å². The minimum absolute atomic E-state index is 0.0229. The van der Waals surface area contributed by atoms with Crippen molar-refractivity contribution in [2.75, 3.05) is 11.9 Å². The van der Waals surface area contributed by atoms with Gasteiger partial charge in [0.2, 0.25) is 0 Å². The number of ether oxygens (including phenoxy) is 1. The number of amides is 1. The first kappa shape index (κ1) is 18.1. The van der Waals surface area contributed by atoms with E-state index in [0.29, 0.717) is 12.4 Å². The van der Waals surface area contributed by atoms with Gasteiger partial charge in [-0.05, 0) is 42.8 Å². The Hall–Kier alpha value is -2.21. The standard InChI is InChI=1S/C17H15ClF3NO2/c1-2-8-24-13-5-3-4-11(9-13)16(23)22-15-10-12(17(19,20)21)6-7-14(15)18/h3-7,9-10H,2,8H2,1H3,(H,22,23). The van der Waals surface area contributed by atoms with Crippen molar-refractivity contribution >= 4 is 23.2 Å². The van der Waals surface area contributed by atoms with Crippen LogP contribution in [0.25, 0.3) is 0 Å². The number of carbonyl (C=O) groups is 1. The van der Waals surface area contributed by atoms with Crippen LogP contribution in [0, 0.1) is 0 Å². The second-order valence-electron chi connectivity index (χ2n) is 5.02. The van der Waals surface area contributed by atoms with E-state index in [1.54, 1.807) is 12.1 Å². The van der Waals surface area contributed by atoms with Crippen molar-refractivity contribution in [3.05, 3.63) is 58.6 Å². The van der Waals surface area contributed by atoms with E-state index in [0.717, 1.165) is 24.6 Å². The van der Waals surface area contributed by atoms with Crippen LogP contribution in [0.15, 0.2) is 42.5 Å². The Labute approximate surface area is 142 Å². The summed E-state index contributed by atoms with van der Waals surface area (Å²) in [7, 11) is 0. The molecule has 0 radical (unpaired) electrons. The van der Waals surface area contributed by atoms with Crippen molar-refractivity contribution < 1.29 is 22.7 Å². The van der Waals surface area contributed by atoms with E-state index < -0.39 is 17.6 Å². The number of nitrogens with one attached hydrogen (secondary N) is 1. The number of anilines is 1. The van der Waals surface area contributed by atoms with Gasteiger partial charge < -0.3 is 10.1 Å². The number of hydrogen-bond donors (Lipinski definition) is 1. The van der Waals surface area contributed by atoms with Crippen molar-refractivity contribution in [2.24, 2.45) is 0 Å². The Bertz CT molecular complexity index is 732. The second kappa shape index (κ2) is 7.57. The molecule has 1 N–H and O–H groups in total. The first-order valence-electron chi connectivity index (χ1n) is 7.22. The molecule has 0 atom stereocenters. The summed E-state index contributed by atoms with van der Waals surface area (Å²) in [5.74, 6) is -0.0576. The lowest BCUT2D eigenvalue weighted by molar-refractivity contribution is -0.137. The zero-order valence-corrected chi connectivity index (χ0v) is 13.5. The van der Waals surface area contributed by atoms with E-state index in [1.807, 2.05) is 6.92 Å². The number of rotatable bonds is 5. The highest BCUT2D eigenvalue weighted by Gasteiger charge is 2.31. The lowest BCUT2D eigenvalue weighted by Crippen LogP contribution is -2.14. The normalized spacial score (nSPS) is 11.2. The Morgan fingerprint density at radius 2 is 1.96 bits per heavy atom. The minimum atomic E-state index is -4.52. The fourth-order valence-electron chi connectivity index (χ4n) is 1.94. The number of halogens is 4. The van der Waals surface area contributed by atoms with Crippen LogP contribution in [0.4, 0.5) is 18.9 Å². The molecular weight excluding hydrogens is 343 g/mol. The van der Waals surface area contributed by atoms with Crippen molar-refractivity contribution in [2.45, 2.75) is 19.5 Å². The van der Waals surface area contributed by atoms with E-state index in [9.17, 15) is 18.0 Å². The molecule has 0 aliphatic rings. The summed E-state index contributed by atoms with van der Waals surface area (Å²) in [5.41, 5.74) is -0.726. The average molecular weight is 358 g/mol. The van der Waals surface area contributed by atoms with Gasteiger partial charge in [-0.3, -0.25) is 4.79 Å². The first-order valence-corrected chi connectivity index (χ1v) is 7.60. The maximum atomic E-state index is 12.8. The van der Waals surface area contributed by atoms with Gasteiger partial charge in [-0.15, -0.1) is 0 Å². The molecule has 0 unspecified atom stereocenters. The maximum Gasteiger partial charge on any atom is 0.416 e. The summed E-state index contributed by atoms with van der Waals surface area (Å²) < 4.78 is 43.7. The molecule has 3 nitrogen and oxygen atoms in total. The fraction of sp³-hybridized carbons (Fsp3) is 0.235. The quantitative estimate of drug-likeness (QED) is 0.778. The molecule has 24 heavy (non-hydrogen) atoms. The van der Waals surface area contributed by atoms with E-state index >= 15 is 0 Å². The fourth-order valence-corrected chi connectivity index (χ4v) is 2.10. The predicted octanol–water partition coefficient (Wildman–Crippen LogP) is 5.40. The Balaban J connectivity index is 2.20. The van der Waals surface area contributed by atoms with Crippen molar-refractivity contribution in [1.29, 1.82) is 0 Å². The third-order valence-electron chi connectivity index (χ3n) is 3.11. The van der Waals surface area contributed by atoms with Gasteiger partial charge in [-0.25, -0.2) is 0 Å². The van der Waals surface area contributed by atoms with Gasteiger partial charge in [0.1, 0.15) is 5.75 Å². The molecule has 0 heterocycles. The molecule has 0 aliphatic heterocycles. The molecule has 7 heteroatoms. The number of alkyl halides is 3. The molecule has 2 aromatic carbocycles. The molecule has 1 amide bonds. The second-order valence-corrected chi connectivity index (χ2v) is 5.43. The van der Waals surface area contributed by atoms with Gasteiger partial charge >= 0.3 is 6.18 Å². The molecule has 0 aromatic heterocycles. The average Bonchev–Trinajstić information content (AvgIpc) is 2.54. The lowest BCUT2D eigenvalue weighted by Gasteiger charge is -2.12. The molecule has 0 fully saturated rings. The van der Waals surface area contributed by atoms with Crippen molar-refractivity contribution in [3.8, 4) is 5.75 Å². The smallest absolute Gasteiger partial charge is 0.416 e. The summed E-state index contributed by atoms with van der Waals surface area (Å²) in [6, 6.07) is 9.15. The molecule has 0 spiro atoms. The van der Waals surface area contributed by atoms with Crippen LogP contribution in [0.2, 0.25) is 5.02 Å². The van der Waals surface area contributed by atoms with Crippen LogP contribution >= 0.6 is 11.6 Å². The molecule has 0 saturated heterocycles. The van der Waals surface area contributed by atoms with Gasteiger partial charge in [0.15, 0.2) is 0 Å². The van der Waals surface area contributed by atoms with Crippen LogP contribution in [0.3, 0.4) is 0 Å². The summed E-state index contributed by atoms with van der Waals surface area (Å²) >= 11 is 5.87. The van der Waals surface area contributed by atoms with Crippen LogP contribution in [0.5, 0.6) is 5.75 Å². The third kappa shape index (κ3) is 4.64. The molecule has 0 saturated carbocycles. The Morgan fingerprint density at radius 1 is 1.21 bits per heavy atom. The van der Waals surface area contributed by atoms with Gasteiger partial charge in [0, 0.05) is 5.56 Å². The largest absolute Gasteiger partial charge is 0.494 e. The van der Waals surface area contributed by atoms with Crippen LogP contribution in [-0.4, -0.2) is 12.5 Å². The lowest BCUT2D eigenvalue weighted by atomic mass is 10.1. The number of hydrogen-bond acceptors (Lipinski definition) is 2. The monoisotopic (exact) mass is 357 g/mol. The molecule has 0 bridgehead atoms. The molecule has 2 aromatic rings. The maximum absolute atomic E-state index is 12.8. The number of benzene rings is 2. The highest BCUT2D eigenvalue weighted by Crippen LogP contribution is 2.34.